The summed E-state index contributed by atoms with van der Waals surface area (Å²) in [5.41, 5.74) is 5.20. The minimum Gasteiger partial charge on any atom is -0.464 e. The molecule has 1 fully saturated rings. The molecule has 0 saturated carbocycles. The van der Waals surface area contributed by atoms with Crippen LogP contribution in [-0.2, 0) is 14.3 Å². The first-order valence-corrected chi connectivity index (χ1v) is 6.16. The maximum absolute atomic E-state index is 12.0. The molecule has 1 saturated heterocycles. The molecular formula is C12H22N2O4. The summed E-state index contributed by atoms with van der Waals surface area (Å²) >= 11 is 0. The van der Waals surface area contributed by atoms with Crippen molar-refractivity contribution in [3.05, 3.63) is 0 Å². The number of rotatable bonds is 2. The number of esters is 1. The molecule has 6 heteroatoms. The summed E-state index contributed by atoms with van der Waals surface area (Å²) in [4.78, 5) is 25.1. The van der Waals surface area contributed by atoms with Crippen molar-refractivity contribution in [2.45, 2.75) is 51.8 Å². The number of ether oxygens (including phenoxy) is 2. The third-order valence-corrected chi connectivity index (χ3v) is 2.52. The van der Waals surface area contributed by atoms with Crippen LogP contribution in [-0.4, -0.2) is 47.8 Å². The summed E-state index contributed by atoms with van der Waals surface area (Å²) in [6.07, 6.45) is -0.105. The van der Waals surface area contributed by atoms with E-state index in [0.29, 0.717) is 13.0 Å². The molecule has 0 unspecified atom stereocenters. The Morgan fingerprint density at radius 1 is 1.39 bits per heavy atom. The second kappa shape index (κ2) is 5.56. The average molecular weight is 258 g/mol. The van der Waals surface area contributed by atoms with Gasteiger partial charge in [-0.05, 0) is 34.1 Å². The third kappa shape index (κ3) is 3.87. The monoisotopic (exact) mass is 258 g/mol. The van der Waals surface area contributed by atoms with E-state index >= 15 is 0 Å². The maximum atomic E-state index is 12.0. The van der Waals surface area contributed by atoms with Crippen molar-refractivity contribution in [1.82, 2.24) is 4.90 Å². The molecule has 0 aromatic heterocycles. The molecule has 6 nitrogen and oxygen atoms in total. The van der Waals surface area contributed by atoms with E-state index in [-0.39, 0.29) is 12.6 Å². The Bertz CT molecular complexity index is 325. The van der Waals surface area contributed by atoms with Crippen LogP contribution in [0.3, 0.4) is 0 Å². The Kier molecular flexibility index (Phi) is 4.56. The van der Waals surface area contributed by atoms with Crippen LogP contribution in [0.5, 0.6) is 0 Å². The van der Waals surface area contributed by atoms with Gasteiger partial charge in [0.15, 0.2) is 0 Å². The van der Waals surface area contributed by atoms with E-state index in [0.717, 1.165) is 0 Å². The Morgan fingerprint density at radius 2 is 2.00 bits per heavy atom. The van der Waals surface area contributed by atoms with Gasteiger partial charge < -0.3 is 15.2 Å². The molecule has 0 bridgehead atoms. The molecule has 104 valence electrons. The Morgan fingerprint density at radius 3 is 2.50 bits per heavy atom. The van der Waals surface area contributed by atoms with Gasteiger partial charge in [0.05, 0.1) is 6.61 Å². The van der Waals surface area contributed by atoms with Crippen molar-refractivity contribution in [2.24, 2.45) is 5.73 Å². The Labute approximate surface area is 107 Å². The van der Waals surface area contributed by atoms with Crippen molar-refractivity contribution in [1.29, 1.82) is 0 Å². The van der Waals surface area contributed by atoms with Gasteiger partial charge in [0, 0.05) is 12.6 Å². The first-order valence-electron chi connectivity index (χ1n) is 6.16. The van der Waals surface area contributed by atoms with Crippen LogP contribution in [0, 0.1) is 0 Å². The van der Waals surface area contributed by atoms with Gasteiger partial charge in [0.2, 0.25) is 0 Å². The zero-order valence-corrected chi connectivity index (χ0v) is 11.4. The van der Waals surface area contributed by atoms with Gasteiger partial charge >= 0.3 is 12.1 Å². The SMILES string of the molecule is CCOC(=O)[C@@H]1C[C@@H](N)CN1C(=O)OC(C)(C)C. The lowest BCUT2D eigenvalue weighted by Gasteiger charge is -2.27. The van der Waals surface area contributed by atoms with Gasteiger partial charge in [0.1, 0.15) is 11.6 Å². The van der Waals surface area contributed by atoms with Gasteiger partial charge in [-0.1, -0.05) is 0 Å². The number of nitrogens with zero attached hydrogens (tertiary/aromatic N) is 1. The summed E-state index contributed by atoms with van der Waals surface area (Å²) in [5.74, 6) is -0.420. The molecule has 0 radical (unpaired) electrons. The van der Waals surface area contributed by atoms with E-state index in [4.69, 9.17) is 15.2 Å². The molecule has 1 rings (SSSR count). The highest BCUT2D eigenvalue weighted by Crippen LogP contribution is 2.21. The molecule has 2 N–H and O–H groups in total. The number of carbonyl (C=O) groups is 2. The van der Waals surface area contributed by atoms with Crippen LogP contribution in [0.2, 0.25) is 0 Å². The molecule has 1 amide bonds. The smallest absolute Gasteiger partial charge is 0.411 e. The molecule has 1 aliphatic heterocycles. The highest BCUT2D eigenvalue weighted by atomic mass is 16.6. The zero-order valence-electron chi connectivity index (χ0n) is 11.4. The summed E-state index contributed by atoms with van der Waals surface area (Å²) < 4.78 is 10.2. The Balaban J connectivity index is 2.72. The highest BCUT2D eigenvalue weighted by Gasteiger charge is 2.40. The number of nitrogens with two attached hydrogens (primary N) is 1. The molecule has 0 spiro atoms. The summed E-state index contributed by atoms with van der Waals surface area (Å²) in [7, 11) is 0. The van der Waals surface area contributed by atoms with E-state index in [1.165, 1.54) is 4.90 Å². The highest BCUT2D eigenvalue weighted by molar-refractivity contribution is 5.82. The first kappa shape index (κ1) is 14.8. The van der Waals surface area contributed by atoms with E-state index in [1.807, 2.05) is 0 Å². The van der Waals surface area contributed by atoms with Crippen LogP contribution in [0.1, 0.15) is 34.1 Å². The van der Waals surface area contributed by atoms with Crippen LogP contribution < -0.4 is 5.73 Å². The van der Waals surface area contributed by atoms with Crippen molar-refractivity contribution in [3.8, 4) is 0 Å². The number of hydrogen-bond acceptors (Lipinski definition) is 5. The first-order chi connectivity index (χ1) is 8.24. The molecule has 0 aromatic carbocycles. The largest absolute Gasteiger partial charge is 0.464 e. The van der Waals surface area contributed by atoms with Gasteiger partial charge in [-0.3, -0.25) is 4.90 Å². The topological polar surface area (TPSA) is 81.9 Å². The number of likely N-dealkylation sites (tertiary alicyclic amines) is 1. The van der Waals surface area contributed by atoms with E-state index in [1.54, 1.807) is 27.7 Å². The quantitative estimate of drug-likeness (QED) is 0.744. The van der Waals surface area contributed by atoms with E-state index in [9.17, 15) is 9.59 Å². The van der Waals surface area contributed by atoms with Crippen molar-refractivity contribution in [2.75, 3.05) is 13.2 Å². The predicted molar refractivity (Wildman–Crippen MR) is 66.0 cm³/mol. The molecule has 0 aliphatic carbocycles. The second-order valence-electron chi connectivity index (χ2n) is 5.40. The fraction of sp³-hybridized carbons (Fsp3) is 0.833. The minimum atomic E-state index is -0.630. The summed E-state index contributed by atoms with van der Waals surface area (Å²) in [5, 5.41) is 0. The number of hydrogen-bond donors (Lipinski definition) is 1. The summed E-state index contributed by atoms with van der Waals surface area (Å²) in [6.45, 7) is 7.66. The van der Waals surface area contributed by atoms with Gasteiger partial charge in [-0.2, -0.15) is 0 Å². The minimum absolute atomic E-state index is 0.216. The molecule has 18 heavy (non-hydrogen) atoms. The Hall–Kier alpha value is -1.30. The van der Waals surface area contributed by atoms with Crippen LogP contribution in [0.25, 0.3) is 0 Å². The average Bonchev–Trinajstić information content (AvgIpc) is 2.58. The predicted octanol–water partition coefficient (Wildman–Crippen LogP) is 0.886. The van der Waals surface area contributed by atoms with E-state index in [2.05, 4.69) is 0 Å². The van der Waals surface area contributed by atoms with Crippen LogP contribution >= 0.6 is 0 Å². The van der Waals surface area contributed by atoms with Gasteiger partial charge in [0.25, 0.3) is 0 Å². The zero-order chi connectivity index (χ0) is 13.9. The number of carbonyl (C=O) groups excluding carboxylic acids is 2. The van der Waals surface area contributed by atoms with Gasteiger partial charge in [-0.25, -0.2) is 9.59 Å². The van der Waals surface area contributed by atoms with E-state index < -0.39 is 23.7 Å². The fourth-order valence-corrected chi connectivity index (χ4v) is 1.85. The summed E-state index contributed by atoms with van der Waals surface area (Å²) in [6, 6.07) is -0.846. The number of amides is 1. The molecular weight excluding hydrogens is 236 g/mol. The van der Waals surface area contributed by atoms with Crippen LogP contribution in [0.4, 0.5) is 4.79 Å². The lowest BCUT2D eigenvalue weighted by Crippen LogP contribution is -2.44. The third-order valence-electron chi connectivity index (χ3n) is 2.52. The molecule has 1 aliphatic rings. The fourth-order valence-electron chi connectivity index (χ4n) is 1.85. The lowest BCUT2D eigenvalue weighted by molar-refractivity contribution is -0.148. The molecule has 2 atom stereocenters. The maximum Gasteiger partial charge on any atom is 0.411 e. The molecule has 1 heterocycles. The molecule has 0 aromatic rings. The second-order valence-corrected chi connectivity index (χ2v) is 5.40. The standard InChI is InChI=1S/C12H22N2O4/c1-5-17-10(15)9-6-8(13)7-14(9)11(16)18-12(2,3)4/h8-9H,5-7,13H2,1-4H3/t8-,9+/m1/s1. The van der Waals surface area contributed by atoms with Crippen molar-refractivity contribution in [3.63, 3.8) is 0 Å². The van der Waals surface area contributed by atoms with Crippen molar-refractivity contribution >= 4 is 12.1 Å². The van der Waals surface area contributed by atoms with Crippen LogP contribution in [0.15, 0.2) is 0 Å². The normalized spacial score (nSPS) is 23.9. The van der Waals surface area contributed by atoms with Crippen molar-refractivity contribution < 1.29 is 19.1 Å². The van der Waals surface area contributed by atoms with Gasteiger partial charge in [-0.15, -0.1) is 0 Å². The lowest BCUT2D eigenvalue weighted by atomic mass is 10.2.